The highest BCUT2D eigenvalue weighted by atomic mass is 16.5. The van der Waals surface area contributed by atoms with Crippen molar-refractivity contribution in [1.29, 1.82) is 0 Å². The molecule has 0 radical (unpaired) electrons. The Morgan fingerprint density at radius 1 is 0.943 bits per heavy atom. The Morgan fingerprint density at radius 2 is 1.66 bits per heavy atom. The molecular weight excluding hydrogens is 436 g/mol. The SMILES string of the molecule is CC(=O)O[C@H]1C=C2[C@H](OC(C)=O)C[C@@H]3[C@@H]4CC[C@H]([C@H](C)CCCC(C)C)[C@@]4(C)CC[C@@H]3[C@@]2(C)CC1. The highest BCUT2D eigenvalue weighted by Crippen LogP contribution is 2.68. The lowest BCUT2D eigenvalue weighted by atomic mass is 9.46. The lowest BCUT2D eigenvalue weighted by molar-refractivity contribution is -0.155. The fourth-order valence-corrected chi connectivity index (χ4v) is 9.36. The van der Waals surface area contributed by atoms with Crippen LogP contribution in [0.3, 0.4) is 0 Å². The summed E-state index contributed by atoms with van der Waals surface area (Å²) in [7, 11) is 0. The lowest BCUT2D eigenvalue weighted by Gasteiger charge is -2.60. The molecule has 198 valence electrons. The van der Waals surface area contributed by atoms with E-state index in [4.69, 9.17) is 9.47 Å². The molecule has 0 aromatic heterocycles. The number of esters is 2. The highest BCUT2D eigenvalue weighted by Gasteiger charge is 2.61. The summed E-state index contributed by atoms with van der Waals surface area (Å²) in [4.78, 5) is 23.8. The number of ether oxygens (including phenoxy) is 2. The first-order valence-corrected chi connectivity index (χ1v) is 14.5. The van der Waals surface area contributed by atoms with Crippen LogP contribution in [0.2, 0.25) is 0 Å². The summed E-state index contributed by atoms with van der Waals surface area (Å²) < 4.78 is 11.6. The molecule has 0 bridgehead atoms. The van der Waals surface area contributed by atoms with Gasteiger partial charge in [-0.3, -0.25) is 9.59 Å². The first kappa shape index (κ1) is 26.7. The second-order valence-electron chi connectivity index (χ2n) is 13.5. The molecule has 0 N–H and O–H groups in total. The molecule has 3 fully saturated rings. The third kappa shape index (κ3) is 5.10. The Hall–Kier alpha value is -1.32. The van der Waals surface area contributed by atoms with Crippen molar-refractivity contribution in [3.8, 4) is 0 Å². The summed E-state index contributed by atoms with van der Waals surface area (Å²) in [5.74, 6) is 3.93. The highest BCUT2D eigenvalue weighted by molar-refractivity contribution is 5.67. The molecule has 4 aliphatic rings. The van der Waals surface area contributed by atoms with Crippen LogP contribution in [0.15, 0.2) is 11.6 Å². The third-order valence-corrected chi connectivity index (χ3v) is 10.9. The summed E-state index contributed by atoms with van der Waals surface area (Å²) >= 11 is 0. The molecule has 0 amide bonds. The molecule has 4 heteroatoms. The van der Waals surface area contributed by atoms with Crippen LogP contribution in [-0.4, -0.2) is 24.1 Å². The molecule has 0 spiro atoms. The first-order chi connectivity index (χ1) is 16.5. The van der Waals surface area contributed by atoms with E-state index in [1.54, 1.807) is 0 Å². The molecule has 4 nitrogen and oxygen atoms in total. The summed E-state index contributed by atoms with van der Waals surface area (Å²) in [5.41, 5.74) is 1.67. The van der Waals surface area contributed by atoms with Gasteiger partial charge in [-0.25, -0.2) is 0 Å². The fourth-order valence-electron chi connectivity index (χ4n) is 9.36. The van der Waals surface area contributed by atoms with Gasteiger partial charge in [0.15, 0.2) is 0 Å². The molecule has 0 aromatic rings. The third-order valence-electron chi connectivity index (χ3n) is 10.9. The van der Waals surface area contributed by atoms with Crippen molar-refractivity contribution in [3.63, 3.8) is 0 Å². The van der Waals surface area contributed by atoms with Gasteiger partial charge in [-0.1, -0.05) is 53.9 Å². The molecule has 3 saturated carbocycles. The first-order valence-electron chi connectivity index (χ1n) is 14.5. The molecule has 0 unspecified atom stereocenters. The minimum atomic E-state index is -0.235. The molecule has 9 atom stereocenters. The van der Waals surface area contributed by atoms with E-state index in [9.17, 15) is 9.59 Å². The predicted molar refractivity (Wildman–Crippen MR) is 140 cm³/mol. The van der Waals surface area contributed by atoms with E-state index in [0.717, 1.165) is 42.9 Å². The average molecular weight is 487 g/mol. The van der Waals surface area contributed by atoms with E-state index in [1.807, 2.05) is 0 Å². The Balaban J connectivity index is 1.58. The van der Waals surface area contributed by atoms with Crippen molar-refractivity contribution in [2.45, 2.75) is 125 Å². The maximum absolute atomic E-state index is 12.2. The zero-order chi connectivity index (χ0) is 25.5. The smallest absolute Gasteiger partial charge is 0.303 e. The van der Waals surface area contributed by atoms with Crippen LogP contribution in [-0.2, 0) is 19.1 Å². The van der Waals surface area contributed by atoms with Crippen LogP contribution in [0.4, 0.5) is 0 Å². The van der Waals surface area contributed by atoms with Crippen LogP contribution in [0.5, 0.6) is 0 Å². The number of carbonyl (C=O) groups excluding carboxylic acids is 2. The second-order valence-corrected chi connectivity index (χ2v) is 13.5. The molecule has 0 aliphatic heterocycles. The van der Waals surface area contributed by atoms with Gasteiger partial charge in [0.05, 0.1) is 0 Å². The number of hydrogen-bond acceptors (Lipinski definition) is 4. The maximum Gasteiger partial charge on any atom is 0.303 e. The Bertz CT molecular complexity index is 830. The fraction of sp³-hybridized carbons (Fsp3) is 0.871. The van der Waals surface area contributed by atoms with Gasteiger partial charge < -0.3 is 9.47 Å². The van der Waals surface area contributed by atoms with Crippen molar-refractivity contribution < 1.29 is 19.1 Å². The minimum Gasteiger partial charge on any atom is -0.458 e. The summed E-state index contributed by atoms with van der Waals surface area (Å²) in [6, 6.07) is 0. The van der Waals surface area contributed by atoms with E-state index >= 15 is 0 Å². The van der Waals surface area contributed by atoms with E-state index in [1.165, 1.54) is 64.4 Å². The van der Waals surface area contributed by atoms with Gasteiger partial charge in [0.2, 0.25) is 0 Å². The van der Waals surface area contributed by atoms with Crippen LogP contribution in [0, 0.1) is 46.3 Å². The van der Waals surface area contributed by atoms with Gasteiger partial charge in [-0.2, -0.15) is 0 Å². The summed E-state index contributed by atoms with van der Waals surface area (Å²) in [6.45, 7) is 15.2. The molecule has 0 heterocycles. The molecule has 0 saturated heterocycles. The topological polar surface area (TPSA) is 52.6 Å². The van der Waals surface area contributed by atoms with Crippen LogP contribution < -0.4 is 0 Å². The maximum atomic E-state index is 12.2. The number of hydrogen-bond donors (Lipinski definition) is 0. The Labute approximate surface area is 214 Å². The average Bonchev–Trinajstić information content (AvgIpc) is 3.11. The number of carbonyl (C=O) groups is 2. The van der Waals surface area contributed by atoms with Crippen molar-refractivity contribution in [1.82, 2.24) is 0 Å². The van der Waals surface area contributed by atoms with Crippen LogP contribution in [0.1, 0.15) is 113 Å². The van der Waals surface area contributed by atoms with Crippen molar-refractivity contribution in [2.24, 2.45) is 46.3 Å². The predicted octanol–water partition coefficient (Wildman–Crippen LogP) is 7.50. The quantitative estimate of drug-likeness (QED) is 0.276. The zero-order valence-electron chi connectivity index (χ0n) is 23.4. The van der Waals surface area contributed by atoms with Gasteiger partial charge in [-0.15, -0.1) is 0 Å². The second kappa shape index (κ2) is 10.2. The zero-order valence-corrected chi connectivity index (χ0v) is 23.4. The van der Waals surface area contributed by atoms with E-state index in [-0.39, 0.29) is 29.6 Å². The molecule has 4 aliphatic carbocycles. The monoisotopic (exact) mass is 486 g/mol. The van der Waals surface area contributed by atoms with Gasteiger partial charge in [0.1, 0.15) is 12.2 Å². The van der Waals surface area contributed by atoms with Gasteiger partial charge in [0.25, 0.3) is 0 Å². The van der Waals surface area contributed by atoms with Gasteiger partial charge in [0, 0.05) is 13.8 Å². The molecule has 0 aromatic carbocycles. The molecular formula is C31H50O4. The van der Waals surface area contributed by atoms with E-state index < -0.39 is 0 Å². The summed E-state index contributed by atoms with van der Waals surface area (Å²) in [5, 5.41) is 0. The van der Waals surface area contributed by atoms with E-state index in [0.29, 0.717) is 17.3 Å². The van der Waals surface area contributed by atoms with E-state index in [2.05, 4.69) is 40.7 Å². The number of rotatable bonds is 7. The van der Waals surface area contributed by atoms with Gasteiger partial charge >= 0.3 is 11.9 Å². The Kier molecular flexibility index (Phi) is 7.80. The van der Waals surface area contributed by atoms with Crippen molar-refractivity contribution >= 4 is 11.9 Å². The van der Waals surface area contributed by atoms with Crippen LogP contribution in [0.25, 0.3) is 0 Å². The van der Waals surface area contributed by atoms with Gasteiger partial charge in [-0.05, 0) is 103 Å². The minimum absolute atomic E-state index is 0.0297. The van der Waals surface area contributed by atoms with Crippen LogP contribution >= 0.6 is 0 Å². The standard InChI is InChI=1S/C31H50O4/c1-19(2)9-8-10-20(3)25-11-12-26-24-18-29(35-22(5)33)28-17-23(34-21(4)32)13-15-31(28,7)27(24)14-16-30(25,26)6/h17,19-20,23-27,29H,8-16,18H2,1-7H3/t20-,23-,24-,25-,26+,27+,29-,30-,31-/m1/s1. The lowest BCUT2D eigenvalue weighted by Crippen LogP contribution is -2.55. The number of fused-ring (bicyclic) bond motifs is 5. The normalized spacial score (nSPS) is 41.3. The Morgan fingerprint density at radius 3 is 2.31 bits per heavy atom. The summed E-state index contributed by atoms with van der Waals surface area (Å²) in [6.07, 6.45) is 13.9. The van der Waals surface area contributed by atoms with Crippen molar-refractivity contribution in [3.05, 3.63) is 11.6 Å². The molecule has 4 rings (SSSR count). The van der Waals surface area contributed by atoms with Crippen molar-refractivity contribution in [2.75, 3.05) is 0 Å². The largest absolute Gasteiger partial charge is 0.458 e. The molecule has 35 heavy (non-hydrogen) atoms.